The van der Waals surface area contributed by atoms with Gasteiger partial charge in [-0.3, -0.25) is 9.59 Å². The predicted octanol–water partition coefficient (Wildman–Crippen LogP) is 2.17. The zero-order valence-electron chi connectivity index (χ0n) is 12.4. The number of hydrogen-bond donors (Lipinski definition) is 2. The first-order valence-corrected chi connectivity index (χ1v) is 7.78. The predicted molar refractivity (Wildman–Crippen MR) is 82.5 cm³/mol. The molecule has 2 rings (SSSR count). The van der Waals surface area contributed by atoms with E-state index < -0.39 is 11.9 Å². The van der Waals surface area contributed by atoms with Crippen molar-refractivity contribution in [3.05, 3.63) is 35.9 Å². The Kier molecular flexibility index (Phi) is 5.78. The topological polar surface area (TPSA) is 72.2 Å². The molecule has 4 heteroatoms. The summed E-state index contributed by atoms with van der Waals surface area (Å²) in [5.41, 5.74) is 6.40. The van der Waals surface area contributed by atoms with Crippen molar-refractivity contribution in [2.24, 2.45) is 11.7 Å². The third-order valence-electron chi connectivity index (χ3n) is 4.22. The first-order valence-electron chi connectivity index (χ1n) is 7.78. The van der Waals surface area contributed by atoms with Crippen molar-refractivity contribution in [2.45, 2.75) is 51.0 Å². The van der Waals surface area contributed by atoms with E-state index in [1.165, 1.54) is 25.7 Å². The summed E-state index contributed by atoms with van der Waals surface area (Å²) in [6.45, 7) is 0. The lowest BCUT2D eigenvalue weighted by Gasteiger charge is -2.16. The zero-order chi connectivity index (χ0) is 15.1. The summed E-state index contributed by atoms with van der Waals surface area (Å²) in [5, 5.41) is 2.78. The number of nitrogens with one attached hydrogen (secondary N) is 1. The van der Waals surface area contributed by atoms with Gasteiger partial charge in [0.2, 0.25) is 11.8 Å². The second-order valence-electron chi connectivity index (χ2n) is 5.90. The van der Waals surface area contributed by atoms with Crippen LogP contribution in [0.4, 0.5) is 0 Å². The zero-order valence-corrected chi connectivity index (χ0v) is 12.4. The van der Waals surface area contributed by atoms with Crippen LogP contribution in [0, 0.1) is 5.92 Å². The highest BCUT2D eigenvalue weighted by atomic mass is 16.2. The van der Waals surface area contributed by atoms with Crippen molar-refractivity contribution in [1.29, 1.82) is 0 Å². The van der Waals surface area contributed by atoms with Gasteiger partial charge < -0.3 is 11.1 Å². The van der Waals surface area contributed by atoms with Crippen molar-refractivity contribution in [2.75, 3.05) is 0 Å². The van der Waals surface area contributed by atoms with Gasteiger partial charge in [0.15, 0.2) is 0 Å². The van der Waals surface area contributed by atoms with Crippen LogP contribution in [-0.2, 0) is 16.0 Å². The second-order valence-corrected chi connectivity index (χ2v) is 5.90. The molecule has 1 fully saturated rings. The lowest BCUT2D eigenvalue weighted by atomic mass is 10.0. The molecule has 0 aliphatic heterocycles. The Morgan fingerprint density at radius 2 is 1.86 bits per heavy atom. The number of rotatable bonds is 7. The molecule has 1 aliphatic carbocycles. The maximum atomic E-state index is 12.0. The van der Waals surface area contributed by atoms with E-state index in [1.54, 1.807) is 0 Å². The Morgan fingerprint density at radius 3 is 2.48 bits per heavy atom. The van der Waals surface area contributed by atoms with Gasteiger partial charge in [-0.2, -0.15) is 0 Å². The van der Waals surface area contributed by atoms with Crippen LogP contribution in [0.1, 0.15) is 44.1 Å². The van der Waals surface area contributed by atoms with E-state index in [-0.39, 0.29) is 5.91 Å². The highest BCUT2D eigenvalue weighted by Crippen LogP contribution is 2.28. The Morgan fingerprint density at radius 1 is 1.19 bits per heavy atom. The van der Waals surface area contributed by atoms with Crippen LogP contribution in [0.5, 0.6) is 0 Å². The third kappa shape index (κ3) is 5.21. The molecule has 0 unspecified atom stereocenters. The van der Waals surface area contributed by atoms with E-state index in [1.807, 2.05) is 30.3 Å². The standard InChI is InChI=1S/C17H24N2O2/c18-17(21)15(12-14-8-2-1-3-9-14)19-16(20)11-10-13-6-4-5-7-13/h1-3,8-9,13,15H,4-7,10-12H2,(H2,18,21)(H,19,20)/t15-/m0/s1. The lowest BCUT2D eigenvalue weighted by Crippen LogP contribution is -2.45. The fraction of sp³-hybridized carbons (Fsp3) is 0.529. The van der Waals surface area contributed by atoms with Gasteiger partial charge in [0.1, 0.15) is 6.04 Å². The first kappa shape index (κ1) is 15.5. The molecule has 1 aliphatic rings. The highest BCUT2D eigenvalue weighted by molar-refractivity contribution is 5.86. The summed E-state index contributed by atoms with van der Waals surface area (Å²) < 4.78 is 0. The van der Waals surface area contributed by atoms with Crippen molar-refractivity contribution in [3.63, 3.8) is 0 Å². The van der Waals surface area contributed by atoms with E-state index in [9.17, 15) is 9.59 Å². The van der Waals surface area contributed by atoms with Crippen LogP contribution in [-0.4, -0.2) is 17.9 Å². The van der Waals surface area contributed by atoms with Crippen LogP contribution in [0.2, 0.25) is 0 Å². The first-order chi connectivity index (χ1) is 10.1. The molecule has 0 bridgehead atoms. The monoisotopic (exact) mass is 288 g/mol. The van der Waals surface area contributed by atoms with Crippen molar-refractivity contribution in [3.8, 4) is 0 Å². The number of carbonyl (C=O) groups is 2. The highest BCUT2D eigenvalue weighted by Gasteiger charge is 2.20. The number of hydrogen-bond acceptors (Lipinski definition) is 2. The Bertz CT molecular complexity index is 467. The van der Waals surface area contributed by atoms with Gasteiger partial charge in [0.25, 0.3) is 0 Å². The van der Waals surface area contributed by atoms with Gasteiger partial charge in [-0.25, -0.2) is 0 Å². The minimum Gasteiger partial charge on any atom is -0.368 e. The summed E-state index contributed by atoms with van der Waals surface area (Å²) in [4.78, 5) is 23.5. The SMILES string of the molecule is NC(=O)[C@H](Cc1ccccc1)NC(=O)CCC1CCCC1. The quantitative estimate of drug-likeness (QED) is 0.807. The minimum atomic E-state index is -0.622. The maximum Gasteiger partial charge on any atom is 0.240 e. The van der Waals surface area contributed by atoms with Crippen LogP contribution >= 0.6 is 0 Å². The molecule has 0 spiro atoms. The molecule has 0 aromatic heterocycles. The molecule has 0 heterocycles. The molecule has 4 nitrogen and oxygen atoms in total. The van der Waals surface area contributed by atoms with Crippen LogP contribution in [0.15, 0.2) is 30.3 Å². The molecule has 1 atom stereocenters. The maximum absolute atomic E-state index is 12.0. The minimum absolute atomic E-state index is 0.0679. The van der Waals surface area contributed by atoms with E-state index in [0.717, 1.165) is 12.0 Å². The Labute approximate surface area is 126 Å². The molecular weight excluding hydrogens is 264 g/mol. The molecular formula is C17H24N2O2. The molecule has 2 amide bonds. The van der Waals surface area contributed by atoms with Gasteiger partial charge >= 0.3 is 0 Å². The number of benzene rings is 1. The second kappa shape index (κ2) is 7.81. The molecule has 0 saturated heterocycles. The lowest BCUT2D eigenvalue weighted by molar-refractivity contribution is -0.127. The van der Waals surface area contributed by atoms with E-state index >= 15 is 0 Å². The van der Waals surface area contributed by atoms with Crippen molar-refractivity contribution >= 4 is 11.8 Å². The summed E-state index contributed by atoms with van der Waals surface area (Å²) in [6, 6.07) is 8.98. The fourth-order valence-corrected chi connectivity index (χ4v) is 2.97. The van der Waals surface area contributed by atoms with E-state index in [0.29, 0.717) is 18.8 Å². The summed E-state index contributed by atoms with van der Waals surface area (Å²) in [6.07, 6.45) is 6.89. The molecule has 3 N–H and O–H groups in total. The number of primary amides is 1. The summed E-state index contributed by atoms with van der Waals surface area (Å²) in [5.74, 6) is 0.131. The van der Waals surface area contributed by atoms with Crippen LogP contribution in [0.3, 0.4) is 0 Å². The van der Waals surface area contributed by atoms with Crippen LogP contribution in [0.25, 0.3) is 0 Å². The molecule has 1 saturated carbocycles. The van der Waals surface area contributed by atoms with E-state index in [2.05, 4.69) is 5.32 Å². The van der Waals surface area contributed by atoms with Gasteiger partial charge in [-0.15, -0.1) is 0 Å². The molecule has 114 valence electrons. The van der Waals surface area contributed by atoms with Crippen molar-refractivity contribution < 1.29 is 9.59 Å². The largest absolute Gasteiger partial charge is 0.368 e. The number of nitrogens with two attached hydrogens (primary N) is 1. The van der Waals surface area contributed by atoms with Gasteiger partial charge in [0, 0.05) is 12.8 Å². The van der Waals surface area contributed by atoms with Gasteiger partial charge in [-0.05, 0) is 17.9 Å². The van der Waals surface area contributed by atoms with Gasteiger partial charge in [0.05, 0.1) is 0 Å². The van der Waals surface area contributed by atoms with E-state index in [4.69, 9.17) is 5.73 Å². The van der Waals surface area contributed by atoms with Crippen LogP contribution < -0.4 is 11.1 Å². The number of amides is 2. The number of carbonyl (C=O) groups excluding carboxylic acids is 2. The molecule has 0 radical (unpaired) electrons. The molecule has 1 aromatic carbocycles. The summed E-state index contributed by atoms with van der Waals surface area (Å²) in [7, 11) is 0. The molecule has 21 heavy (non-hydrogen) atoms. The average molecular weight is 288 g/mol. The fourth-order valence-electron chi connectivity index (χ4n) is 2.97. The average Bonchev–Trinajstić information content (AvgIpc) is 2.99. The smallest absolute Gasteiger partial charge is 0.240 e. The molecule has 1 aromatic rings. The normalized spacial score (nSPS) is 16.6. The Balaban J connectivity index is 1.81. The van der Waals surface area contributed by atoms with Crippen molar-refractivity contribution in [1.82, 2.24) is 5.32 Å². The van der Waals surface area contributed by atoms with Gasteiger partial charge in [-0.1, -0.05) is 56.0 Å². The third-order valence-corrected chi connectivity index (χ3v) is 4.22. The Hall–Kier alpha value is -1.84. The summed E-state index contributed by atoms with van der Waals surface area (Å²) >= 11 is 0.